The van der Waals surface area contributed by atoms with Gasteiger partial charge in [-0.15, -0.1) is 0 Å². The van der Waals surface area contributed by atoms with Crippen LogP contribution < -0.4 is 22.3 Å². The van der Waals surface area contributed by atoms with E-state index in [0.717, 1.165) is 4.57 Å². The minimum Gasteiger partial charge on any atom is -0.383 e. The van der Waals surface area contributed by atoms with Gasteiger partial charge in [-0.3, -0.25) is 18.7 Å². The van der Waals surface area contributed by atoms with Crippen LogP contribution in [-0.2, 0) is 17.9 Å². The number of aromatic nitrogens is 2. The number of hydrogen-bond donors (Lipinski definition) is 2. The number of nitrogens with two attached hydrogens (primary N) is 1. The monoisotopic (exact) mass is 424 g/mol. The number of carbonyl (C=O) groups excluding carboxylic acids is 1. The molecule has 1 heterocycles. The first kappa shape index (κ1) is 21.8. The molecule has 0 unspecified atom stereocenters. The molecule has 0 fully saturated rings. The fraction of sp³-hybridized carbons (Fsp3) is 0.316. The third-order valence-corrected chi connectivity index (χ3v) is 4.72. The lowest BCUT2D eigenvalue weighted by Gasteiger charge is -2.16. The number of nitrogens with one attached hydrogen (secondary N) is 1. The zero-order valence-electron chi connectivity index (χ0n) is 15.7. The van der Waals surface area contributed by atoms with Crippen LogP contribution in [0.1, 0.15) is 32.3 Å². The summed E-state index contributed by atoms with van der Waals surface area (Å²) < 4.78 is 2.39. The van der Waals surface area contributed by atoms with Crippen molar-refractivity contribution in [1.29, 1.82) is 0 Å². The van der Waals surface area contributed by atoms with Gasteiger partial charge in [-0.25, -0.2) is 4.79 Å². The summed E-state index contributed by atoms with van der Waals surface area (Å²) in [6, 6.07) is 4.92. The molecule has 150 valence electrons. The molecule has 9 heteroatoms. The second-order valence-electron chi connectivity index (χ2n) is 6.15. The Bertz CT molecular complexity index is 1030. The van der Waals surface area contributed by atoms with Gasteiger partial charge in [0.05, 0.1) is 10.0 Å². The van der Waals surface area contributed by atoms with Gasteiger partial charge in [0.25, 0.3) is 5.56 Å². The summed E-state index contributed by atoms with van der Waals surface area (Å²) in [7, 11) is 0. The first-order valence-electron chi connectivity index (χ1n) is 8.87. The number of carbonyl (C=O) groups is 1. The molecule has 3 N–H and O–H groups in total. The lowest BCUT2D eigenvalue weighted by atomic mass is 10.2. The van der Waals surface area contributed by atoms with Gasteiger partial charge in [-0.2, -0.15) is 0 Å². The molecule has 2 aromatic rings. The smallest absolute Gasteiger partial charge is 0.332 e. The van der Waals surface area contributed by atoms with Crippen molar-refractivity contribution in [2.45, 2.75) is 39.8 Å². The average molecular weight is 425 g/mol. The molecular formula is C19H22Cl2N4O3. The molecule has 1 aromatic heterocycles. The zero-order chi connectivity index (χ0) is 20.8. The van der Waals surface area contributed by atoms with Crippen LogP contribution in [0.5, 0.6) is 0 Å². The fourth-order valence-electron chi connectivity index (χ4n) is 2.65. The van der Waals surface area contributed by atoms with E-state index in [2.05, 4.69) is 5.32 Å². The first-order valence-corrected chi connectivity index (χ1v) is 9.62. The molecular weight excluding hydrogens is 403 g/mol. The van der Waals surface area contributed by atoms with Crippen LogP contribution in [0.2, 0.25) is 10.0 Å². The highest BCUT2D eigenvalue weighted by Crippen LogP contribution is 2.23. The van der Waals surface area contributed by atoms with Crippen molar-refractivity contribution < 1.29 is 4.79 Å². The van der Waals surface area contributed by atoms with Crippen LogP contribution in [0.4, 0.5) is 11.5 Å². The number of amides is 1. The number of nitrogens with zero attached hydrogens (tertiary/aromatic N) is 2. The predicted molar refractivity (Wildman–Crippen MR) is 114 cm³/mol. The van der Waals surface area contributed by atoms with Crippen molar-refractivity contribution >= 4 is 46.7 Å². The summed E-state index contributed by atoms with van der Waals surface area (Å²) in [5, 5.41) is 3.27. The Morgan fingerprint density at radius 3 is 2.36 bits per heavy atom. The molecule has 0 aliphatic carbocycles. The summed E-state index contributed by atoms with van der Waals surface area (Å²) in [6.07, 6.45) is 4.02. The van der Waals surface area contributed by atoms with Gasteiger partial charge in [-0.05, 0) is 36.6 Å². The minimum atomic E-state index is -0.618. The molecule has 2 rings (SSSR count). The molecule has 28 heavy (non-hydrogen) atoms. The van der Waals surface area contributed by atoms with Gasteiger partial charge in [0.2, 0.25) is 5.91 Å². The Kier molecular flexibility index (Phi) is 7.48. The number of anilines is 2. The van der Waals surface area contributed by atoms with E-state index in [1.807, 2.05) is 13.8 Å². The summed E-state index contributed by atoms with van der Waals surface area (Å²) in [5.41, 5.74) is 5.47. The molecule has 1 aromatic carbocycles. The maximum absolute atomic E-state index is 12.6. The molecule has 0 saturated heterocycles. The van der Waals surface area contributed by atoms with Gasteiger partial charge in [0.15, 0.2) is 0 Å². The van der Waals surface area contributed by atoms with Crippen molar-refractivity contribution in [1.82, 2.24) is 9.13 Å². The number of benzene rings is 1. The van der Waals surface area contributed by atoms with Crippen molar-refractivity contribution in [3.05, 3.63) is 60.7 Å². The van der Waals surface area contributed by atoms with E-state index in [-0.39, 0.29) is 18.1 Å². The second kappa shape index (κ2) is 9.61. The van der Waals surface area contributed by atoms with E-state index in [4.69, 9.17) is 28.9 Å². The van der Waals surface area contributed by atoms with Gasteiger partial charge in [-0.1, -0.05) is 43.1 Å². The summed E-state index contributed by atoms with van der Waals surface area (Å²) in [5.74, 6) is -0.611. The van der Waals surface area contributed by atoms with Crippen LogP contribution in [0.3, 0.4) is 0 Å². The molecule has 0 radical (unpaired) electrons. The molecule has 0 bridgehead atoms. The van der Waals surface area contributed by atoms with Crippen molar-refractivity contribution in [2.75, 3.05) is 11.1 Å². The molecule has 0 atom stereocenters. The Morgan fingerprint density at radius 1 is 1.11 bits per heavy atom. The van der Waals surface area contributed by atoms with Crippen LogP contribution in [0.25, 0.3) is 6.08 Å². The van der Waals surface area contributed by atoms with Crippen LogP contribution in [0.15, 0.2) is 33.9 Å². The van der Waals surface area contributed by atoms with Gasteiger partial charge in [0, 0.05) is 19.2 Å². The van der Waals surface area contributed by atoms with Crippen molar-refractivity contribution in [2.24, 2.45) is 0 Å². The highest BCUT2D eigenvalue weighted by Gasteiger charge is 2.17. The Labute approximate surface area is 172 Å². The lowest BCUT2D eigenvalue weighted by molar-refractivity contribution is -0.111. The topological polar surface area (TPSA) is 99.1 Å². The predicted octanol–water partition coefficient (Wildman–Crippen LogP) is 3.37. The quantitative estimate of drug-likeness (QED) is 0.665. The zero-order valence-corrected chi connectivity index (χ0v) is 17.2. The van der Waals surface area contributed by atoms with E-state index in [1.165, 1.54) is 16.7 Å². The number of halogens is 2. The number of hydrogen-bond acceptors (Lipinski definition) is 4. The summed E-state index contributed by atoms with van der Waals surface area (Å²) in [6.45, 7) is 4.32. The fourth-order valence-corrected chi connectivity index (χ4v) is 2.95. The van der Waals surface area contributed by atoms with Crippen LogP contribution >= 0.6 is 23.2 Å². The average Bonchev–Trinajstić information content (AvgIpc) is 2.66. The highest BCUT2D eigenvalue weighted by atomic mass is 35.5. The van der Waals surface area contributed by atoms with E-state index in [0.29, 0.717) is 35.0 Å². The molecule has 0 aliphatic rings. The van der Waals surface area contributed by atoms with E-state index in [9.17, 15) is 14.4 Å². The largest absolute Gasteiger partial charge is 0.383 e. The molecule has 1 amide bonds. The number of nitrogen functional groups attached to an aromatic ring is 1. The SMILES string of the molecule is CCCn1c(N)c(NC(=O)C=Cc2ccc(Cl)c(Cl)c2)c(=O)n(CCC)c1=O. The van der Waals surface area contributed by atoms with E-state index in [1.54, 1.807) is 18.2 Å². The normalized spacial score (nSPS) is 11.1. The third-order valence-electron chi connectivity index (χ3n) is 3.98. The summed E-state index contributed by atoms with van der Waals surface area (Å²) >= 11 is 11.8. The Hall–Kier alpha value is -2.51. The second-order valence-corrected chi connectivity index (χ2v) is 6.96. The van der Waals surface area contributed by atoms with Crippen molar-refractivity contribution in [3.8, 4) is 0 Å². The standard InChI is InChI=1S/C19H22Cl2N4O3/c1-3-9-24-17(22)16(18(27)25(10-4-2)19(24)28)23-15(26)8-6-12-5-7-13(20)14(21)11-12/h5-8,11H,3-4,9-10,22H2,1-2H3,(H,23,26). The minimum absolute atomic E-state index is 0.0551. The van der Waals surface area contributed by atoms with Gasteiger partial charge >= 0.3 is 5.69 Å². The third kappa shape index (κ3) is 4.85. The number of rotatable bonds is 7. The highest BCUT2D eigenvalue weighted by molar-refractivity contribution is 6.42. The van der Waals surface area contributed by atoms with E-state index < -0.39 is 17.2 Å². The maximum atomic E-state index is 12.6. The molecule has 0 saturated carbocycles. The van der Waals surface area contributed by atoms with Gasteiger partial charge < -0.3 is 11.1 Å². The van der Waals surface area contributed by atoms with Crippen molar-refractivity contribution in [3.63, 3.8) is 0 Å². The Morgan fingerprint density at radius 2 is 1.75 bits per heavy atom. The van der Waals surface area contributed by atoms with Crippen LogP contribution in [0, 0.1) is 0 Å². The lowest BCUT2D eigenvalue weighted by Crippen LogP contribution is -2.42. The van der Waals surface area contributed by atoms with E-state index >= 15 is 0 Å². The molecule has 0 spiro atoms. The summed E-state index contributed by atoms with van der Waals surface area (Å²) in [4.78, 5) is 37.5. The van der Waals surface area contributed by atoms with Gasteiger partial charge in [0.1, 0.15) is 11.5 Å². The maximum Gasteiger partial charge on any atom is 0.332 e. The Balaban J connectivity index is 2.37. The molecule has 7 nitrogen and oxygen atoms in total. The van der Waals surface area contributed by atoms with Crippen LogP contribution in [-0.4, -0.2) is 15.0 Å². The molecule has 0 aliphatic heterocycles. The first-order chi connectivity index (χ1) is 13.3.